The van der Waals surface area contributed by atoms with Crippen LogP contribution in [-0.4, -0.2) is 16.5 Å². The van der Waals surface area contributed by atoms with E-state index >= 15 is 0 Å². The molecule has 2 aromatic heterocycles. The highest BCUT2D eigenvalue weighted by atomic mass is 14.8. The molecule has 3 nitrogen and oxygen atoms in total. The normalized spacial score (nSPS) is 10.5. The van der Waals surface area contributed by atoms with Crippen LogP contribution < -0.4 is 5.32 Å². The van der Waals surface area contributed by atoms with Gasteiger partial charge in [-0.05, 0) is 30.3 Å². The van der Waals surface area contributed by atoms with E-state index in [0.717, 1.165) is 24.3 Å². The Morgan fingerprint density at radius 1 is 1.40 bits per heavy atom. The quantitative estimate of drug-likeness (QED) is 0.796. The van der Waals surface area contributed by atoms with Gasteiger partial charge < -0.3 is 10.3 Å². The van der Waals surface area contributed by atoms with Crippen molar-refractivity contribution in [2.24, 2.45) is 0 Å². The lowest BCUT2D eigenvalue weighted by Crippen LogP contribution is -2.11. The Bertz CT molecular complexity index is 407. The molecule has 0 radical (unpaired) electrons. The third kappa shape index (κ3) is 2.44. The molecule has 0 aliphatic heterocycles. The maximum Gasteiger partial charge on any atom is 0.0469 e. The number of hydrogen-bond donors (Lipinski definition) is 2. The van der Waals surface area contributed by atoms with Gasteiger partial charge in [-0.2, -0.15) is 0 Å². The van der Waals surface area contributed by atoms with Gasteiger partial charge in [0.2, 0.25) is 0 Å². The minimum absolute atomic E-state index is 0.873. The van der Waals surface area contributed by atoms with Crippen molar-refractivity contribution >= 4 is 0 Å². The fraction of sp³-hybridized carbons (Fsp3) is 0.250. The Morgan fingerprint density at radius 2 is 2.33 bits per heavy atom. The molecule has 15 heavy (non-hydrogen) atoms. The second kappa shape index (κ2) is 4.75. The topological polar surface area (TPSA) is 40.7 Å². The van der Waals surface area contributed by atoms with Gasteiger partial charge >= 0.3 is 0 Å². The molecular weight excluding hydrogens is 186 g/mol. The molecule has 0 saturated heterocycles. The highest BCUT2D eigenvalue weighted by Gasteiger charge is 1.99. The van der Waals surface area contributed by atoms with Crippen molar-refractivity contribution in [1.82, 2.24) is 15.3 Å². The molecule has 78 valence electrons. The first-order valence-electron chi connectivity index (χ1n) is 5.18. The lowest BCUT2D eigenvalue weighted by molar-refractivity contribution is 0.724. The van der Waals surface area contributed by atoms with Crippen LogP contribution >= 0.6 is 0 Å². The minimum atomic E-state index is 0.873. The van der Waals surface area contributed by atoms with Gasteiger partial charge in [0.05, 0.1) is 0 Å². The van der Waals surface area contributed by atoms with Gasteiger partial charge in [0.1, 0.15) is 0 Å². The average molecular weight is 201 g/mol. The summed E-state index contributed by atoms with van der Waals surface area (Å²) in [5, 5.41) is 3.29. The summed E-state index contributed by atoms with van der Waals surface area (Å²) in [6, 6.07) is 6.20. The molecule has 2 aromatic rings. The van der Waals surface area contributed by atoms with Gasteiger partial charge in [0.15, 0.2) is 0 Å². The van der Waals surface area contributed by atoms with Gasteiger partial charge in [-0.15, -0.1) is 0 Å². The predicted octanol–water partition coefficient (Wildman–Crippen LogP) is 2.19. The molecule has 0 aliphatic carbocycles. The fourth-order valence-corrected chi connectivity index (χ4v) is 1.51. The number of rotatable bonds is 4. The van der Waals surface area contributed by atoms with Gasteiger partial charge in [-0.3, -0.25) is 4.98 Å². The molecule has 0 atom stereocenters. The molecule has 0 amide bonds. The molecule has 2 rings (SSSR count). The van der Waals surface area contributed by atoms with Crippen LogP contribution in [-0.2, 0) is 6.54 Å². The van der Waals surface area contributed by atoms with E-state index in [1.807, 2.05) is 30.7 Å². The van der Waals surface area contributed by atoms with E-state index in [2.05, 4.69) is 28.3 Å². The summed E-state index contributed by atoms with van der Waals surface area (Å²) < 4.78 is 0. The van der Waals surface area contributed by atoms with Crippen molar-refractivity contribution in [2.75, 3.05) is 6.54 Å². The van der Waals surface area contributed by atoms with E-state index in [1.165, 1.54) is 5.56 Å². The molecule has 2 N–H and O–H groups in total. The summed E-state index contributed by atoms with van der Waals surface area (Å²) in [6.07, 6.45) is 5.70. The molecule has 0 fully saturated rings. The molecule has 0 saturated carbocycles. The second-order valence-electron chi connectivity index (χ2n) is 3.45. The number of H-pyrrole nitrogens is 1. The van der Waals surface area contributed by atoms with Crippen molar-refractivity contribution in [1.29, 1.82) is 0 Å². The molecular formula is C12H15N3. The highest BCUT2D eigenvalue weighted by molar-refractivity contribution is 5.58. The molecule has 0 unspecified atom stereocenters. The monoisotopic (exact) mass is 201 g/mol. The summed E-state index contributed by atoms with van der Waals surface area (Å²) in [7, 11) is 0. The lowest BCUT2D eigenvalue weighted by Gasteiger charge is -2.03. The summed E-state index contributed by atoms with van der Waals surface area (Å²) >= 11 is 0. The van der Waals surface area contributed by atoms with Crippen molar-refractivity contribution in [3.63, 3.8) is 0 Å². The standard InChI is InChI=1S/C12H15N3/c1-2-13-7-10-6-11(9-14-8-10)12-4-3-5-15-12/h3-6,8-9,13,15H,2,7H2,1H3. The van der Waals surface area contributed by atoms with E-state index in [9.17, 15) is 0 Å². The Labute approximate surface area is 89.6 Å². The SMILES string of the molecule is CCNCc1cncc(-c2ccc[nH]2)c1. The molecule has 3 heteroatoms. The molecule has 0 spiro atoms. The third-order valence-corrected chi connectivity index (χ3v) is 2.28. The van der Waals surface area contributed by atoms with E-state index in [0.29, 0.717) is 0 Å². The lowest BCUT2D eigenvalue weighted by atomic mass is 10.1. The highest BCUT2D eigenvalue weighted by Crippen LogP contribution is 2.16. The zero-order chi connectivity index (χ0) is 10.5. The number of hydrogen-bond acceptors (Lipinski definition) is 2. The first-order chi connectivity index (χ1) is 7.40. The van der Waals surface area contributed by atoms with E-state index < -0.39 is 0 Å². The van der Waals surface area contributed by atoms with Crippen LogP contribution in [0.4, 0.5) is 0 Å². The Hall–Kier alpha value is -1.61. The van der Waals surface area contributed by atoms with Crippen LogP contribution in [0.25, 0.3) is 11.3 Å². The number of pyridine rings is 1. The molecule has 0 bridgehead atoms. The Balaban J connectivity index is 2.19. The van der Waals surface area contributed by atoms with Crippen LogP contribution in [0, 0.1) is 0 Å². The largest absolute Gasteiger partial charge is 0.361 e. The first kappa shape index (κ1) is 9.93. The summed E-state index contributed by atoms with van der Waals surface area (Å²) in [5.41, 5.74) is 3.46. The van der Waals surface area contributed by atoms with E-state index in [1.54, 1.807) is 0 Å². The van der Waals surface area contributed by atoms with Crippen molar-refractivity contribution in [3.8, 4) is 11.3 Å². The van der Waals surface area contributed by atoms with E-state index in [-0.39, 0.29) is 0 Å². The van der Waals surface area contributed by atoms with Crippen LogP contribution in [0.3, 0.4) is 0 Å². The van der Waals surface area contributed by atoms with Crippen molar-refractivity contribution in [2.45, 2.75) is 13.5 Å². The van der Waals surface area contributed by atoms with Crippen LogP contribution in [0.5, 0.6) is 0 Å². The zero-order valence-electron chi connectivity index (χ0n) is 8.83. The summed E-state index contributed by atoms with van der Waals surface area (Å²) in [6.45, 7) is 3.95. The van der Waals surface area contributed by atoms with Crippen molar-refractivity contribution in [3.05, 3.63) is 42.4 Å². The maximum atomic E-state index is 4.23. The average Bonchev–Trinajstić information content (AvgIpc) is 2.80. The third-order valence-electron chi connectivity index (χ3n) is 2.28. The number of nitrogens with zero attached hydrogens (tertiary/aromatic N) is 1. The number of aromatic nitrogens is 2. The summed E-state index contributed by atoms with van der Waals surface area (Å²) in [4.78, 5) is 7.41. The van der Waals surface area contributed by atoms with Crippen LogP contribution in [0.15, 0.2) is 36.8 Å². The smallest absolute Gasteiger partial charge is 0.0469 e. The van der Waals surface area contributed by atoms with Crippen LogP contribution in [0.1, 0.15) is 12.5 Å². The number of nitrogens with one attached hydrogen (secondary N) is 2. The molecule has 0 aliphatic rings. The first-order valence-corrected chi connectivity index (χ1v) is 5.18. The van der Waals surface area contributed by atoms with Gasteiger partial charge in [-0.1, -0.05) is 6.92 Å². The predicted molar refractivity (Wildman–Crippen MR) is 61.4 cm³/mol. The summed E-state index contributed by atoms with van der Waals surface area (Å²) in [5.74, 6) is 0. The Morgan fingerprint density at radius 3 is 3.07 bits per heavy atom. The maximum absolute atomic E-state index is 4.23. The van der Waals surface area contributed by atoms with Gasteiger partial charge in [-0.25, -0.2) is 0 Å². The fourth-order valence-electron chi connectivity index (χ4n) is 1.51. The van der Waals surface area contributed by atoms with E-state index in [4.69, 9.17) is 0 Å². The molecule has 2 heterocycles. The molecule has 0 aromatic carbocycles. The van der Waals surface area contributed by atoms with Crippen molar-refractivity contribution < 1.29 is 0 Å². The zero-order valence-corrected chi connectivity index (χ0v) is 8.83. The van der Waals surface area contributed by atoms with Crippen LogP contribution in [0.2, 0.25) is 0 Å². The Kier molecular flexibility index (Phi) is 3.15. The minimum Gasteiger partial charge on any atom is -0.361 e. The number of aromatic amines is 1. The second-order valence-corrected chi connectivity index (χ2v) is 3.45. The van der Waals surface area contributed by atoms with Gasteiger partial charge in [0, 0.05) is 36.4 Å². The van der Waals surface area contributed by atoms with Gasteiger partial charge in [0.25, 0.3) is 0 Å².